The molecule has 9 amide bonds. The lowest BCUT2D eigenvalue weighted by atomic mass is 9.97. The van der Waals surface area contributed by atoms with Crippen molar-refractivity contribution in [3.05, 3.63) is 0 Å². The number of carbonyl (C=O) groups is 9. The van der Waals surface area contributed by atoms with Crippen LogP contribution < -0.4 is 31.9 Å². The monoisotopic (exact) mass is 1840 g/mol. The Morgan fingerprint density at radius 1 is 0.403 bits per heavy atom. The maximum atomic E-state index is 14.2. The second-order valence-corrected chi connectivity index (χ2v) is 37.3. The molecule has 18 unspecified atom stereocenters. The highest BCUT2D eigenvalue weighted by molar-refractivity contribution is 7.53. The number of nitrogens with one attached hydrogen (secondary N) is 6. The van der Waals surface area contributed by atoms with E-state index < -0.39 is 220 Å². The summed E-state index contributed by atoms with van der Waals surface area (Å²) >= 11 is 0. The summed E-state index contributed by atoms with van der Waals surface area (Å²) in [5.74, 6) is -3.55. The van der Waals surface area contributed by atoms with Crippen molar-refractivity contribution in [3.8, 4) is 0 Å². The predicted octanol–water partition coefficient (Wildman–Crippen LogP) is -2.16. The van der Waals surface area contributed by atoms with Crippen LogP contribution in [-0.2, 0) is 112 Å². The normalized spacial score (nSPS) is 29.8. The molecule has 0 aromatic carbocycles. The second-order valence-electron chi connectivity index (χ2n) is 32.4. The molecule has 0 saturated carbocycles. The Hall–Kier alpha value is -5.04. The first-order valence-corrected chi connectivity index (χ1v) is 47.8. The minimum atomic E-state index is -5.11. The van der Waals surface area contributed by atoms with Crippen LogP contribution >= 0.6 is 23.2 Å². The van der Waals surface area contributed by atoms with Gasteiger partial charge < -0.3 is 145 Å². The van der Waals surface area contributed by atoms with Gasteiger partial charge >= 0.3 is 23.2 Å². The molecule has 0 aromatic heterocycles. The Bertz CT molecular complexity index is 3460. The molecule has 6 rings (SSSR count). The SMILES string of the molecule is CC(=O)NC1C(OCCCCC(=O)NCCCCCC(=O)N2C[C@H](O)C[C@H]2COP(=O)(O)O[C@@H]2C[C@@H](COP(=O)(O)O[C@@H]3C[C@@H](COP(C)(=O)OC(C)C)N(C(=O)CCCCCNC(=O)CCCCOC4OC(CO)C(O)C(O)C4NC(C)=O)C3)N(C(=O)CCCCCNC(=O)CCCCOC3OC(CO)C(O)C(O)C3NC(C)=O)C2)OC(CO)C(O)C1O. The maximum absolute atomic E-state index is 14.2. The van der Waals surface area contributed by atoms with Gasteiger partial charge in [0.15, 0.2) is 18.9 Å². The molecule has 6 saturated heterocycles. The average molecular weight is 1840 g/mol. The lowest BCUT2D eigenvalue weighted by Gasteiger charge is -2.42. The standard InChI is InChI=1S/C76H136N9O36P3/c1-46(2)119-122(6,105)113-43-51-35-54(38-84(51)63(97)26-11-8-17-29-78-60(94)23-14-20-32-111-75-66(81-48(4)90)72(103)69(100)57(41-87)117-75)120-124(108,109)115-45-52-36-55(39-85(52)64(98)27-12-9-18-30-79-61(95)24-15-21-33-112-76-67(82-49(5)91)73(104)70(101)58(42-88)118-76)121-123(106,107)114-44-50-34-53(92)37-83(50)62(96)25-10-7-16-28-77-59(93)22-13-19-31-110-74-65(80-47(3)89)71(102)68(99)56(40-86)116-74/h46,50-58,65-76,86-88,92,99-104H,7-45H2,1-6H3,(H,77,93)(H,78,94)(H,79,95)(H,80,89)(H,81,90)(H,82,91)(H,106,107)(H,108,109)/t50-,51-,52-,53+,54+,55+,56?,57?,58?,65?,66?,67?,68?,69?,70?,71?,72?,73?,74?,75?,76?,122?/m0/s1. The highest BCUT2D eigenvalue weighted by Gasteiger charge is 2.50. The molecule has 0 aromatic rings. The number of phosphoric acid groups is 2. The number of amides is 9. The summed E-state index contributed by atoms with van der Waals surface area (Å²) in [5.41, 5.74) is 0. The van der Waals surface area contributed by atoms with Gasteiger partial charge in [0.1, 0.15) is 73.1 Å². The van der Waals surface area contributed by atoms with Crippen molar-refractivity contribution in [1.82, 2.24) is 46.6 Å². The molecule has 6 fully saturated rings. The topological polar surface area (TPSA) is 640 Å². The molecule has 18 N–H and O–H groups in total. The van der Waals surface area contributed by atoms with Gasteiger partial charge in [0.25, 0.3) is 0 Å². The molecular weight excluding hydrogens is 1710 g/mol. The highest BCUT2D eigenvalue weighted by atomic mass is 31.2. The zero-order valence-corrected chi connectivity index (χ0v) is 74.3. The summed E-state index contributed by atoms with van der Waals surface area (Å²) in [6.07, 6.45) is -13.5. The van der Waals surface area contributed by atoms with E-state index in [4.69, 9.17) is 55.6 Å². The number of aliphatic hydroxyl groups is 10. The zero-order valence-electron chi connectivity index (χ0n) is 71.6. The van der Waals surface area contributed by atoms with Gasteiger partial charge in [0, 0.05) is 125 Å². The first-order valence-electron chi connectivity index (χ1n) is 42.9. The Labute approximate surface area is 722 Å². The Morgan fingerprint density at radius 3 is 1.01 bits per heavy atom. The number of carbonyl (C=O) groups excluding carboxylic acids is 9. The Balaban J connectivity index is 0.978. The van der Waals surface area contributed by atoms with Crippen LogP contribution in [-0.4, -0.2) is 369 Å². The van der Waals surface area contributed by atoms with Gasteiger partial charge in [0.05, 0.1) is 82.2 Å². The van der Waals surface area contributed by atoms with Crippen LogP contribution in [0.3, 0.4) is 0 Å². The van der Waals surface area contributed by atoms with Gasteiger partial charge in [0.2, 0.25) is 53.2 Å². The Morgan fingerprint density at radius 2 is 0.702 bits per heavy atom. The van der Waals surface area contributed by atoms with Crippen LogP contribution in [0.25, 0.3) is 0 Å². The highest BCUT2D eigenvalue weighted by Crippen LogP contribution is 2.51. The van der Waals surface area contributed by atoms with Crippen molar-refractivity contribution in [1.29, 1.82) is 0 Å². The summed E-state index contributed by atoms with van der Waals surface area (Å²) in [7, 11) is -13.8. The fraction of sp³-hybridized carbons (Fsp3) is 0.882. The number of unbranched alkanes of at least 4 members (excludes halogenated alkanes) is 9. The molecule has 48 heteroatoms. The van der Waals surface area contributed by atoms with Crippen LogP contribution in [0, 0.1) is 0 Å². The fourth-order valence-electron chi connectivity index (χ4n) is 15.3. The number of hydrogen-bond donors (Lipinski definition) is 18. The van der Waals surface area contributed by atoms with E-state index in [-0.39, 0.29) is 147 Å². The van der Waals surface area contributed by atoms with Gasteiger partial charge in [-0.3, -0.25) is 65.8 Å². The summed E-state index contributed by atoms with van der Waals surface area (Å²) in [5, 5.41) is 118. The molecular formula is C76H136N9O36P3. The summed E-state index contributed by atoms with van der Waals surface area (Å²) in [4.78, 5) is 142. The van der Waals surface area contributed by atoms with E-state index in [1.807, 2.05) is 0 Å². The minimum absolute atomic E-state index is 0.00540. The third-order valence-electron chi connectivity index (χ3n) is 21.6. The van der Waals surface area contributed by atoms with Gasteiger partial charge in [-0.25, -0.2) is 9.13 Å². The van der Waals surface area contributed by atoms with Crippen LogP contribution in [0.1, 0.15) is 189 Å². The zero-order chi connectivity index (χ0) is 91.4. The van der Waals surface area contributed by atoms with Crippen LogP contribution in [0.15, 0.2) is 0 Å². The molecule has 0 aliphatic carbocycles. The van der Waals surface area contributed by atoms with Crippen molar-refractivity contribution in [2.24, 2.45) is 0 Å². The van der Waals surface area contributed by atoms with E-state index in [1.165, 1.54) is 42.1 Å². The van der Waals surface area contributed by atoms with Crippen molar-refractivity contribution in [2.75, 3.05) is 105 Å². The summed E-state index contributed by atoms with van der Waals surface area (Å²) in [6, 6.07) is -6.11. The molecule has 124 heavy (non-hydrogen) atoms. The number of aliphatic hydroxyl groups excluding tert-OH is 10. The van der Waals surface area contributed by atoms with Crippen LogP contribution in [0.2, 0.25) is 0 Å². The molecule has 6 aliphatic rings. The summed E-state index contributed by atoms with van der Waals surface area (Å²) in [6.45, 7) is 5.22. The molecule has 6 heterocycles. The van der Waals surface area contributed by atoms with Gasteiger partial charge in [-0.15, -0.1) is 0 Å². The minimum Gasteiger partial charge on any atom is -0.394 e. The number of rotatable bonds is 57. The molecule has 0 spiro atoms. The third kappa shape index (κ3) is 37.4. The van der Waals surface area contributed by atoms with Gasteiger partial charge in [-0.2, -0.15) is 0 Å². The Kier molecular flexibility index (Phi) is 47.4. The molecule has 6 aliphatic heterocycles. The van der Waals surface area contributed by atoms with E-state index in [0.29, 0.717) is 96.4 Å². The first kappa shape index (κ1) is 108. The average Bonchev–Trinajstić information content (AvgIpc) is 1.55. The maximum Gasteiger partial charge on any atom is 0.472 e. The third-order valence-corrected chi connectivity index (χ3v) is 25.1. The smallest absolute Gasteiger partial charge is 0.394 e. The molecule has 0 radical (unpaired) electrons. The van der Waals surface area contributed by atoms with Gasteiger partial charge in [-0.05, 0) is 110 Å². The quantitative estimate of drug-likeness (QED) is 0.0228. The summed E-state index contributed by atoms with van der Waals surface area (Å²) < 4.78 is 109. The van der Waals surface area contributed by atoms with E-state index >= 15 is 0 Å². The first-order chi connectivity index (χ1) is 58.7. The largest absolute Gasteiger partial charge is 0.472 e. The van der Waals surface area contributed by atoms with E-state index in [1.54, 1.807) is 13.8 Å². The molecule has 0 bridgehead atoms. The number of phosphoric ester groups is 2. The van der Waals surface area contributed by atoms with Crippen LogP contribution in [0.4, 0.5) is 0 Å². The van der Waals surface area contributed by atoms with E-state index in [2.05, 4.69) is 31.9 Å². The number of nitrogens with zero attached hydrogens (tertiary/aromatic N) is 3. The van der Waals surface area contributed by atoms with Crippen molar-refractivity contribution in [2.45, 2.75) is 323 Å². The lowest BCUT2D eigenvalue weighted by Crippen LogP contribution is -2.64. The molecule has 24 atom stereocenters. The van der Waals surface area contributed by atoms with Crippen molar-refractivity contribution in [3.63, 3.8) is 0 Å². The van der Waals surface area contributed by atoms with E-state index in [9.17, 15) is 118 Å². The number of hydrogen-bond acceptors (Lipinski definition) is 34. The molecule has 716 valence electrons. The number of ether oxygens (including phenoxy) is 6. The second kappa shape index (κ2) is 54.6. The van der Waals surface area contributed by atoms with Crippen molar-refractivity contribution >= 4 is 76.4 Å². The van der Waals surface area contributed by atoms with Gasteiger partial charge in [-0.1, -0.05) is 19.3 Å². The lowest BCUT2D eigenvalue weighted by molar-refractivity contribution is -0.270. The fourth-order valence-corrected chi connectivity index (χ4v) is 18.5. The predicted molar refractivity (Wildman–Crippen MR) is 433 cm³/mol. The van der Waals surface area contributed by atoms with Crippen molar-refractivity contribution < 1.29 is 173 Å². The number of likely N-dealkylation sites (tertiary alicyclic amines) is 3. The number of β-amino-alcohol motifs (C(OH)–C–C–N with tert-alkyl or cyclic N) is 1. The molecule has 45 nitrogen and oxygen atoms in total. The van der Waals surface area contributed by atoms with E-state index in [0.717, 1.165) is 0 Å². The van der Waals surface area contributed by atoms with Crippen LogP contribution in [0.5, 0.6) is 0 Å².